The van der Waals surface area contributed by atoms with Gasteiger partial charge in [-0.05, 0) is 19.9 Å². The number of alkyl halides is 3. The van der Waals surface area contributed by atoms with Crippen LogP contribution >= 0.6 is 0 Å². The molecule has 2 atom stereocenters. The summed E-state index contributed by atoms with van der Waals surface area (Å²) in [6.07, 6.45) is -3.48. The highest BCUT2D eigenvalue weighted by Crippen LogP contribution is 2.38. The quantitative estimate of drug-likeness (QED) is 0.782. The molecule has 4 heterocycles. The summed E-state index contributed by atoms with van der Waals surface area (Å²) in [5.41, 5.74) is 4.69. The van der Waals surface area contributed by atoms with Crippen LogP contribution in [0.2, 0.25) is 0 Å². The first kappa shape index (κ1) is 21.6. The number of nitrogens with zero attached hydrogens (tertiary/aromatic N) is 5. The van der Waals surface area contributed by atoms with Gasteiger partial charge >= 0.3 is 6.18 Å². The van der Waals surface area contributed by atoms with Gasteiger partial charge in [0.1, 0.15) is 11.6 Å². The van der Waals surface area contributed by atoms with Crippen LogP contribution in [-0.2, 0) is 15.7 Å². The summed E-state index contributed by atoms with van der Waals surface area (Å²) in [5.74, 6) is 0.723. The maximum Gasteiger partial charge on any atom is 0.417 e. The van der Waals surface area contributed by atoms with Gasteiger partial charge in [0.2, 0.25) is 5.95 Å². The number of nitrogen functional groups attached to an aromatic ring is 1. The highest BCUT2D eigenvalue weighted by Gasteiger charge is 2.35. The fraction of sp³-hybridized carbons (Fsp3) is 0.550. The first-order valence-electron chi connectivity index (χ1n) is 10.1. The molecule has 11 heteroatoms. The summed E-state index contributed by atoms with van der Waals surface area (Å²) in [5, 5.41) is 0. The molecule has 31 heavy (non-hydrogen) atoms. The zero-order valence-electron chi connectivity index (χ0n) is 17.4. The molecule has 0 unspecified atom stereocenters. The molecule has 0 spiro atoms. The van der Waals surface area contributed by atoms with E-state index in [-0.39, 0.29) is 29.2 Å². The number of halogens is 3. The Balaban J connectivity index is 1.86. The normalized spacial score (nSPS) is 22.6. The number of rotatable bonds is 3. The van der Waals surface area contributed by atoms with Crippen molar-refractivity contribution in [3.05, 3.63) is 23.9 Å². The predicted octanol–water partition coefficient (Wildman–Crippen LogP) is 2.59. The minimum atomic E-state index is -4.60. The van der Waals surface area contributed by atoms with Crippen molar-refractivity contribution in [1.29, 1.82) is 0 Å². The van der Waals surface area contributed by atoms with E-state index >= 15 is 0 Å². The Bertz CT molecular complexity index is 901. The molecule has 2 fully saturated rings. The van der Waals surface area contributed by atoms with Gasteiger partial charge in [-0.25, -0.2) is 9.97 Å². The van der Waals surface area contributed by atoms with Crippen LogP contribution in [0.1, 0.15) is 19.4 Å². The van der Waals surface area contributed by atoms with Gasteiger partial charge in [0.15, 0.2) is 0 Å². The average Bonchev–Trinajstić information content (AvgIpc) is 2.73. The van der Waals surface area contributed by atoms with Crippen LogP contribution in [-0.4, -0.2) is 66.6 Å². The lowest BCUT2D eigenvalue weighted by atomic mass is 10.1. The third kappa shape index (κ3) is 4.52. The number of hydrogen-bond acceptors (Lipinski definition) is 8. The van der Waals surface area contributed by atoms with Crippen molar-refractivity contribution in [3.8, 4) is 11.3 Å². The maximum absolute atomic E-state index is 13.8. The zero-order chi connectivity index (χ0) is 22.2. The van der Waals surface area contributed by atoms with E-state index in [2.05, 4.69) is 9.97 Å². The van der Waals surface area contributed by atoms with Gasteiger partial charge in [-0.2, -0.15) is 18.2 Å². The van der Waals surface area contributed by atoms with E-state index in [4.69, 9.17) is 20.2 Å². The topological polar surface area (TPSA) is 89.6 Å². The van der Waals surface area contributed by atoms with Crippen molar-refractivity contribution >= 4 is 17.6 Å². The van der Waals surface area contributed by atoms with Crippen LogP contribution in [0.25, 0.3) is 11.3 Å². The summed E-state index contributed by atoms with van der Waals surface area (Å²) < 4.78 is 52.3. The molecule has 2 saturated heterocycles. The van der Waals surface area contributed by atoms with E-state index in [0.717, 1.165) is 12.3 Å². The largest absolute Gasteiger partial charge is 0.417 e. The van der Waals surface area contributed by atoms with E-state index in [1.165, 1.54) is 0 Å². The predicted molar refractivity (Wildman–Crippen MR) is 110 cm³/mol. The first-order valence-corrected chi connectivity index (χ1v) is 10.1. The van der Waals surface area contributed by atoms with E-state index in [1.807, 2.05) is 23.6 Å². The smallest absolute Gasteiger partial charge is 0.384 e. The van der Waals surface area contributed by atoms with Gasteiger partial charge in [0, 0.05) is 30.9 Å². The second-order valence-electron chi connectivity index (χ2n) is 7.80. The number of anilines is 3. The highest BCUT2D eigenvalue weighted by molar-refractivity contribution is 5.69. The molecular formula is C20H25F3N6O2. The SMILES string of the molecule is C[C@@H]1COCCN1c1nc(-c2cnc(N)cc2C(F)(F)F)cc(N2CCOC[C@@H]2C)n1. The Morgan fingerprint density at radius 3 is 2.26 bits per heavy atom. The monoisotopic (exact) mass is 438 g/mol. The molecule has 0 aromatic carbocycles. The molecule has 8 nitrogen and oxygen atoms in total. The van der Waals surface area contributed by atoms with Crippen LogP contribution in [0.3, 0.4) is 0 Å². The number of aromatic nitrogens is 3. The minimum Gasteiger partial charge on any atom is -0.384 e. The summed E-state index contributed by atoms with van der Waals surface area (Å²) in [6.45, 7) is 7.12. The number of ether oxygens (including phenoxy) is 2. The van der Waals surface area contributed by atoms with Gasteiger partial charge in [-0.15, -0.1) is 0 Å². The van der Waals surface area contributed by atoms with E-state index in [9.17, 15) is 13.2 Å². The van der Waals surface area contributed by atoms with Crippen molar-refractivity contribution in [2.75, 3.05) is 55.1 Å². The third-order valence-corrected chi connectivity index (χ3v) is 5.49. The third-order valence-electron chi connectivity index (χ3n) is 5.49. The molecule has 2 N–H and O–H groups in total. The van der Waals surface area contributed by atoms with Crippen LogP contribution in [0.5, 0.6) is 0 Å². The molecule has 2 aliphatic heterocycles. The lowest BCUT2D eigenvalue weighted by molar-refractivity contribution is -0.137. The Labute approximate surface area is 178 Å². The molecule has 0 amide bonds. The van der Waals surface area contributed by atoms with Crippen molar-refractivity contribution in [3.63, 3.8) is 0 Å². The highest BCUT2D eigenvalue weighted by atomic mass is 19.4. The van der Waals surface area contributed by atoms with Crippen molar-refractivity contribution in [1.82, 2.24) is 15.0 Å². The van der Waals surface area contributed by atoms with Crippen molar-refractivity contribution < 1.29 is 22.6 Å². The number of hydrogen-bond donors (Lipinski definition) is 1. The molecule has 0 radical (unpaired) electrons. The van der Waals surface area contributed by atoms with Gasteiger partial charge < -0.3 is 25.0 Å². The number of morpholine rings is 2. The van der Waals surface area contributed by atoms with Crippen LogP contribution in [0, 0.1) is 0 Å². The summed E-state index contributed by atoms with van der Waals surface area (Å²) in [7, 11) is 0. The molecule has 2 aliphatic rings. The fourth-order valence-electron chi connectivity index (χ4n) is 3.84. The number of pyridine rings is 1. The summed E-state index contributed by atoms with van der Waals surface area (Å²) >= 11 is 0. The van der Waals surface area contributed by atoms with Gasteiger partial charge in [0.25, 0.3) is 0 Å². The molecule has 0 bridgehead atoms. The first-order chi connectivity index (χ1) is 14.7. The number of nitrogens with two attached hydrogens (primary N) is 1. The van der Waals surface area contributed by atoms with Crippen LogP contribution < -0.4 is 15.5 Å². The van der Waals surface area contributed by atoms with Crippen LogP contribution in [0.4, 0.5) is 30.8 Å². The Hall–Kier alpha value is -2.66. The van der Waals surface area contributed by atoms with E-state index in [1.54, 1.807) is 6.07 Å². The van der Waals surface area contributed by atoms with E-state index in [0.29, 0.717) is 51.3 Å². The van der Waals surface area contributed by atoms with Crippen LogP contribution in [0.15, 0.2) is 18.3 Å². The standard InChI is InChI=1S/C20H25F3N6O2/c1-12-10-30-5-3-28(12)18-8-16(14-9-25-17(24)7-15(14)20(21,22)23)26-19(27-18)29-4-6-31-11-13(29)2/h7-9,12-13H,3-6,10-11H2,1-2H3,(H2,24,25)/t12-,13+/m0/s1. The molecule has 0 saturated carbocycles. The zero-order valence-corrected chi connectivity index (χ0v) is 17.4. The Kier molecular flexibility index (Phi) is 5.89. The van der Waals surface area contributed by atoms with Crippen molar-refractivity contribution in [2.24, 2.45) is 0 Å². The lowest BCUT2D eigenvalue weighted by Crippen LogP contribution is -2.46. The van der Waals surface area contributed by atoms with Gasteiger partial charge in [0.05, 0.1) is 49.8 Å². The minimum absolute atomic E-state index is 0.00871. The molecule has 168 valence electrons. The van der Waals surface area contributed by atoms with E-state index < -0.39 is 11.7 Å². The fourth-order valence-corrected chi connectivity index (χ4v) is 3.84. The molecule has 4 rings (SSSR count). The van der Waals surface area contributed by atoms with Gasteiger partial charge in [-0.3, -0.25) is 0 Å². The second kappa shape index (κ2) is 8.46. The molecule has 0 aliphatic carbocycles. The summed E-state index contributed by atoms with van der Waals surface area (Å²) in [4.78, 5) is 17.1. The van der Waals surface area contributed by atoms with Gasteiger partial charge in [-0.1, -0.05) is 0 Å². The molecule has 2 aromatic rings. The molecule has 2 aromatic heterocycles. The Morgan fingerprint density at radius 2 is 1.65 bits per heavy atom. The maximum atomic E-state index is 13.8. The average molecular weight is 438 g/mol. The Morgan fingerprint density at radius 1 is 1.00 bits per heavy atom. The summed E-state index contributed by atoms with van der Waals surface area (Å²) in [6, 6.07) is 2.44. The lowest BCUT2D eigenvalue weighted by Gasteiger charge is -2.37. The molecular weight excluding hydrogens is 413 g/mol. The second-order valence-corrected chi connectivity index (χ2v) is 7.80. The van der Waals surface area contributed by atoms with Crippen molar-refractivity contribution in [2.45, 2.75) is 32.1 Å².